The van der Waals surface area contributed by atoms with E-state index in [0.29, 0.717) is 17.8 Å². The van der Waals surface area contributed by atoms with E-state index in [4.69, 9.17) is 5.26 Å². The minimum atomic E-state index is -0.148. The first-order valence-corrected chi connectivity index (χ1v) is 7.09. The summed E-state index contributed by atoms with van der Waals surface area (Å²) in [7, 11) is 0. The fraction of sp³-hybridized carbons (Fsp3) is 0.429. The van der Waals surface area contributed by atoms with E-state index >= 15 is 0 Å². The number of rotatable bonds is 3. The van der Waals surface area contributed by atoms with Crippen LogP contribution in [-0.2, 0) is 4.79 Å². The summed E-state index contributed by atoms with van der Waals surface area (Å²) in [6.45, 7) is 4.69. The molecule has 1 aliphatic rings. The zero-order valence-electron chi connectivity index (χ0n) is 11.0. The second kappa shape index (κ2) is 5.72. The summed E-state index contributed by atoms with van der Waals surface area (Å²) in [5.41, 5.74) is 1.22. The Bertz CT molecular complexity index is 536. The minimum Gasteiger partial charge on any atom is -0.310 e. The molecule has 0 aromatic heterocycles. The van der Waals surface area contributed by atoms with Gasteiger partial charge in [0, 0.05) is 17.1 Å². The summed E-state index contributed by atoms with van der Waals surface area (Å²) in [4.78, 5) is 14.1. The van der Waals surface area contributed by atoms with Gasteiger partial charge < -0.3 is 10.2 Å². The third kappa shape index (κ3) is 2.96. The Kier molecular flexibility index (Phi) is 4.23. The van der Waals surface area contributed by atoms with E-state index in [2.05, 4.69) is 27.3 Å². The van der Waals surface area contributed by atoms with Gasteiger partial charge in [-0.15, -0.1) is 0 Å². The minimum absolute atomic E-state index is 0.0447. The fourth-order valence-corrected chi connectivity index (χ4v) is 2.65. The highest BCUT2D eigenvalue weighted by Gasteiger charge is 2.33. The quantitative estimate of drug-likeness (QED) is 0.930. The van der Waals surface area contributed by atoms with Gasteiger partial charge in [-0.1, -0.05) is 29.8 Å². The molecule has 1 amide bonds. The number of nitrogens with one attached hydrogen (secondary N) is 1. The summed E-state index contributed by atoms with van der Waals surface area (Å²) >= 11 is 3.38. The Morgan fingerprint density at radius 1 is 1.53 bits per heavy atom. The molecule has 19 heavy (non-hydrogen) atoms. The summed E-state index contributed by atoms with van der Waals surface area (Å²) in [6, 6.07) is 7.63. The predicted molar refractivity (Wildman–Crippen MR) is 77.9 cm³/mol. The molecule has 1 aliphatic heterocycles. The Balaban J connectivity index is 2.27. The molecule has 100 valence electrons. The van der Waals surface area contributed by atoms with Crippen molar-refractivity contribution in [2.45, 2.75) is 32.4 Å². The zero-order valence-corrected chi connectivity index (χ0v) is 12.6. The molecule has 1 saturated heterocycles. The van der Waals surface area contributed by atoms with E-state index in [0.717, 1.165) is 10.9 Å². The van der Waals surface area contributed by atoms with Crippen molar-refractivity contribution in [3.63, 3.8) is 0 Å². The van der Waals surface area contributed by atoms with Crippen LogP contribution in [0.25, 0.3) is 0 Å². The molecule has 0 spiro atoms. The topological polar surface area (TPSA) is 56.1 Å². The molecule has 0 bridgehead atoms. The molecule has 1 unspecified atom stereocenters. The van der Waals surface area contributed by atoms with Gasteiger partial charge in [-0.25, -0.2) is 0 Å². The summed E-state index contributed by atoms with van der Waals surface area (Å²) in [5, 5.41) is 12.4. The largest absolute Gasteiger partial charge is 0.310 e. The average Bonchev–Trinajstić information content (AvgIpc) is 2.70. The first kappa shape index (κ1) is 14.0. The van der Waals surface area contributed by atoms with Crippen molar-refractivity contribution in [3.05, 3.63) is 28.2 Å². The first-order chi connectivity index (χ1) is 9.02. The number of nitrogens with zero attached hydrogens (tertiary/aromatic N) is 2. The fourth-order valence-electron chi connectivity index (χ4n) is 2.30. The van der Waals surface area contributed by atoms with E-state index in [9.17, 15) is 4.79 Å². The maximum absolute atomic E-state index is 12.4. The number of amides is 1. The molecular formula is C14H16BrN3O. The number of nitriles is 1. The molecule has 2 rings (SSSR count). The van der Waals surface area contributed by atoms with Crippen LogP contribution >= 0.6 is 15.9 Å². The molecule has 1 aromatic rings. The lowest BCUT2D eigenvalue weighted by atomic mass is 10.2. The van der Waals surface area contributed by atoms with E-state index in [-0.39, 0.29) is 18.0 Å². The standard InChI is InChI=1S/C14H16BrN3O/c1-9(2)17-12-5-6-18(14(12)19)13-7-11(15)4-3-10(13)8-16/h3-4,7,9,12,17H,5-6H2,1-2H3. The Hall–Kier alpha value is -1.38. The summed E-state index contributed by atoms with van der Waals surface area (Å²) in [6.07, 6.45) is 0.772. The lowest BCUT2D eigenvalue weighted by Gasteiger charge is -2.19. The van der Waals surface area contributed by atoms with Crippen molar-refractivity contribution in [1.82, 2.24) is 5.32 Å². The van der Waals surface area contributed by atoms with E-state index in [1.54, 1.807) is 11.0 Å². The first-order valence-electron chi connectivity index (χ1n) is 6.30. The molecule has 0 saturated carbocycles. The molecular weight excluding hydrogens is 306 g/mol. The van der Waals surface area contributed by atoms with Crippen molar-refractivity contribution in [2.75, 3.05) is 11.4 Å². The van der Waals surface area contributed by atoms with Crippen LogP contribution in [0.4, 0.5) is 5.69 Å². The number of hydrogen-bond donors (Lipinski definition) is 1. The molecule has 1 aromatic carbocycles. The van der Waals surface area contributed by atoms with E-state index < -0.39 is 0 Å². The molecule has 1 fully saturated rings. The van der Waals surface area contributed by atoms with Crippen LogP contribution in [0.3, 0.4) is 0 Å². The number of anilines is 1. The Labute approximate surface area is 121 Å². The van der Waals surface area contributed by atoms with Gasteiger partial charge in [0.2, 0.25) is 5.91 Å². The number of carbonyl (C=O) groups excluding carboxylic acids is 1. The van der Waals surface area contributed by atoms with Crippen molar-refractivity contribution in [3.8, 4) is 6.07 Å². The summed E-state index contributed by atoms with van der Waals surface area (Å²) in [5.74, 6) is 0.0447. The van der Waals surface area contributed by atoms with Gasteiger partial charge in [-0.3, -0.25) is 4.79 Å². The van der Waals surface area contributed by atoms with E-state index in [1.807, 2.05) is 26.0 Å². The number of benzene rings is 1. The van der Waals surface area contributed by atoms with Crippen LogP contribution in [0, 0.1) is 11.3 Å². The highest BCUT2D eigenvalue weighted by Crippen LogP contribution is 2.28. The monoisotopic (exact) mass is 321 g/mol. The lowest BCUT2D eigenvalue weighted by Crippen LogP contribution is -2.41. The van der Waals surface area contributed by atoms with Gasteiger partial charge in [-0.2, -0.15) is 5.26 Å². The normalized spacial score (nSPS) is 19.0. The van der Waals surface area contributed by atoms with Crippen LogP contribution in [0.5, 0.6) is 0 Å². The van der Waals surface area contributed by atoms with Crippen LogP contribution in [-0.4, -0.2) is 24.5 Å². The van der Waals surface area contributed by atoms with E-state index in [1.165, 1.54) is 0 Å². The maximum atomic E-state index is 12.4. The molecule has 0 radical (unpaired) electrons. The second-order valence-electron chi connectivity index (χ2n) is 4.93. The smallest absolute Gasteiger partial charge is 0.244 e. The number of carbonyl (C=O) groups is 1. The van der Waals surface area contributed by atoms with Crippen LogP contribution < -0.4 is 10.2 Å². The van der Waals surface area contributed by atoms with Gasteiger partial charge in [0.05, 0.1) is 17.3 Å². The predicted octanol–water partition coefficient (Wildman–Crippen LogP) is 2.42. The molecule has 4 nitrogen and oxygen atoms in total. The number of hydrogen-bond acceptors (Lipinski definition) is 3. The van der Waals surface area contributed by atoms with Crippen LogP contribution in [0.2, 0.25) is 0 Å². The molecule has 1 atom stereocenters. The SMILES string of the molecule is CC(C)NC1CCN(c2cc(Br)ccc2C#N)C1=O. The highest BCUT2D eigenvalue weighted by molar-refractivity contribution is 9.10. The van der Waals surface area contributed by atoms with Gasteiger partial charge in [0.1, 0.15) is 6.07 Å². The second-order valence-corrected chi connectivity index (χ2v) is 5.84. The lowest BCUT2D eigenvalue weighted by molar-refractivity contribution is -0.118. The van der Waals surface area contributed by atoms with Crippen molar-refractivity contribution >= 4 is 27.5 Å². The Morgan fingerprint density at radius 2 is 2.26 bits per heavy atom. The zero-order chi connectivity index (χ0) is 14.0. The van der Waals surface area contributed by atoms with Gasteiger partial charge in [-0.05, 0) is 24.6 Å². The van der Waals surface area contributed by atoms with Crippen molar-refractivity contribution in [2.24, 2.45) is 0 Å². The molecule has 1 heterocycles. The van der Waals surface area contributed by atoms with Crippen LogP contribution in [0.1, 0.15) is 25.8 Å². The third-order valence-electron chi connectivity index (χ3n) is 3.11. The van der Waals surface area contributed by atoms with Gasteiger partial charge >= 0.3 is 0 Å². The molecule has 0 aliphatic carbocycles. The Morgan fingerprint density at radius 3 is 2.89 bits per heavy atom. The third-order valence-corrected chi connectivity index (χ3v) is 3.60. The maximum Gasteiger partial charge on any atom is 0.244 e. The van der Waals surface area contributed by atoms with Crippen molar-refractivity contribution in [1.29, 1.82) is 5.26 Å². The van der Waals surface area contributed by atoms with Crippen LogP contribution in [0.15, 0.2) is 22.7 Å². The number of halogens is 1. The average molecular weight is 322 g/mol. The summed E-state index contributed by atoms with van der Waals surface area (Å²) < 4.78 is 0.870. The van der Waals surface area contributed by atoms with Gasteiger partial charge in [0.15, 0.2) is 0 Å². The van der Waals surface area contributed by atoms with Crippen molar-refractivity contribution < 1.29 is 4.79 Å². The molecule has 1 N–H and O–H groups in total. The highest BCUT2D eigenvalue weighted by atomic mass is 79.9. The van der Waals surface area contributed by atoms with Gasteiger partial charge in [0.25, 0.3) is 0 Å². The molecule has 5 heteroatoms.